The highest BCUT2D eigenvalue weighted by Crippen LogP contribution is 2.17. The molecule has 23 heavy (non-hydrogen) atoms. The van der Waals surface area contributed by atoms with Gasteiger partial charge in [-0.25, -0.2) is 0 Å². The Morgan fingerprint density at radius 3 is 2.65 bits per heavy atom. The van der Waals surface area contributed by atoms with E-state index in [4.69, 9.17) is 4.84 Å². The quantitative estimate of drug-likeness (QED) is 0.350. The highest BCUT2D eigenvalue weighted by atomic mass is 32.2. The number of nitrogens with zero attached hydrogens (tertiary/aromatic N) is 1. The highest BCUT2D eigenvalue weighted by molar-refractivity contribution is 7.99. The molecule has 0 aliphatic rings. The van der Waals surface area contributed by atoms with Crippen LogP contribution in [-0.4, -0.2) is 31.0 Å². The summed E-state index contributed by atoms with van der Waals surface area (Å²) in [4.78, 5) is 17.8. The number of aryl methyl sites for hydroxylation is 1. The van der Waals surface area contributed by atoms with E-state index in [9.17, 15) is 4.79 Å². The van der Waals surface area contributed by atoms with Crippen molar-refractivity contribution in [1.29, 1.82) is 0 Å². The molecule has 0 bridgehead atoms. The second kappa shape index (κ2) is 9.69. The lowest BCUT2D eigenvalue weighted by atomic mass is 10.2. The van der Waals surface area contributed by atoms with Crippen LogP contribution in [0.3, 0.4) is 0 Å². The number of nitrogens with one attached hydrogen (secondary N) is 1. The van der Waals surface area contributed by atoms with Crippen molar-refractivity contribution < 1.29 is 9.63 Å². The van der Waals surface area contributed by atoms with Gasteiger partial charge in [0, 0.05) is 17.2 Å². The third-order valence-corrected chi connectivity index (χ3v) is 4.00. The van der Waals surface area contributed by atoms with Crippen molar-refractivity contribution in [2.24, 2.45) is 5.16 Å². The Hall–Kier alpha value is -2.27. The lowest BCUT2D eigenvalue weighted by Crippen LogP contribution is -2.28. The van der Waals surface area contributed by atoms with Gasteiger partial charge in [0.05, 0.1) is 6.21 Å². The molecule has 1 N–H and O–H groups in total. The number of oxime groups is 1. The summed E-state index contributed by atoms with van der Waals surface area (Å²) < 4.78 is 0. The van der Waals surface area contributed by atoms with Crippen LogP contribution in [0, 0.1) is 6.92 Å². The van der Waals surface area contributed by atoms with Gasteiger partial charge in [0.2, 0.25) is 0 Å². The predicted molar refractivity (Wildman–Crippen MR) is 94.9 cm³/mol. The Bertz CT molecular complexity index is 627. The van der Waals surface area contributed by atoms with Crippen molar-refractivity contribution >= 4 is 23.9 Å². The maximum Gasteiger partial charge on any atom is 0.260 e. The molecule has 0 saturated heterocycles. The first-order valence-corrected chi connectivity index (χ1v) is 8.39. The summed E-state index contributed by atoms with van der Waals surface area (Å²) in [5, 5.41) is 6.58. The number of amides is 1. The zero-order valence-electron chi connectivity index (χ0n) is 13.1. The lowest BCUT2D eigenvalue weighted by Gasteiger charge is -2.04. The van der Waals surface area contributed by atoms with Crippen molar-refractivity contribution in [3.05, 3.63) is 65.7 Å². The molecule has 1 amide bonds. The maximum absolute atomic E-state index is 11.6. The molecular weight excluding hydrogens is 308 g/mol. The maximum atomic E-state index is 11.6. The SMILES string of the molecule is Cc1ccc(SCCNC(=O)CO/N=C\c2ccccc2)cc1. The van der Waals surface area contributed by atoms with Crippen molar-refractivity contribution in [3.63, 3.8) is 0 Å². The molecule has 0 fully saturated rings. The summed E-state index contributed by atoms with van der Waals surface area (Å²) in [6, 6.07) is 17.9. The number of carbonyl (C=O) groups is 1. The lowest BCUT2D eigenvalue weighted by molar-refractivity contribution is -0.125. The fourth-order valence-corrected chi connectivity index (χ4v) is 2.55. The first-order valence-electron chi connectivity index (χ1n) is 7.40. The number of carbonyl (C=O) groups excluding carboxylic acids is 1. The van der Waals surface area contributed by atoms with E-state index in [0.29, 0.717) is 6.54 Å². The van der Waals surface area contributed by atoms with E-state index < -0.39 is 0 Å². The highest BCUT2D eigenvalue weighted by Gasteiger charge is 2.00. The summed E-state index contributed by atoms with van der Waals surface area (Å²) in [5.74, 6) is 0.655. The minimum atomic E-state index is -0.167. The largest absolute Gasteiger partial charge is 0.386 e. The van der Waals surface area contributed by atoms with Crippen LogP contribution in [0.25, 0.3) is 0 Å². The second-order valence-corrected chi connectivity index (χ2v) is 6.10. The van der Waals surface area contributed by atoms with Gasteiger partial charge < -0.3 is 10.2 Å². The fourth-order valence-electron chi connectivity index (χ4n) is 1.78. The van der Waals surface area contributed by atoms with Crippen LogP contribution in [-0.2, 0) is 9.63 Å². The van der Waals surface area contributed by atoms with Gasteiger partial charge >= 0.3 is 0 Å². The average Bonchev–Trinajstić information content (AvgIpc) is 2.58. The smallest absolute Gasteiger partial charge is 0.260 e. The van der Waals surface area contributed by atoms with E-state index in [2.05, 4.69) is 41.7 Å². The van der Waals surface area contributed by atoms with Crippen molar-refractivity contribution in [3.8, 4) is 0 Å². The van der Waals surface area contributed by atoms with Crippen LogP contribution < -0.4 is 5.32 Å². The fraction of sp³-hybridized carbons (Fsp3) is 0.222. The van der Waals surface area contributed by atoms with Crippen LogP contribution in [0.15, 0.2) is 64.6 Å². The monoisotopic (exact) mass is 328 g/mol. The average molecular weight is 328 g/mol. The van der Waals surface area contributed by atoms with E-state index in [1.807, 2.05) is 30.3 Å². The normalized spacial score (nSPS) is 10.7. The molecule has 0 aliphatic carbocycles. The summed E-state index contributed by atoms with van der Waals surface area (Å²) in [6.45, 7) is 2.59. The van der Waals surface area contributed by atoms with Gasteiger partial charge in [-0.3, -0.25) is 4.79 Å². The molecule has 0 saturated carbocycles. The first kappa shape index (κ1) is 17.1. The third kappa shape index (κ3) is 7.02. The number of rotatable bonds is 8. The second-order valence-electron chi connectivity index (χ2n) is 4.93. The zero-order valence-corrected chi connectivity index (χ0v) is 13.9. The number of benzene rings is 2. The van der Waals surface area contributed by atoms with E-state index in [0.717, 1.165) is 11.3 Å². The molecule has 120 valence electrons. The van der Waals surface area contributed by atoms with E-state index >= 15 is 0 Å². The molecule has 2 aromatic carbocycles. The molecule has 4 nitrogen and oxygen atoms in total. The van der Waals surface area contributed by atoms with Crippen LogP contribution in [0.1, 0.15) is 11.1 Å². The van der Waals surface area contributed by atoms with Gasteiger partial charge in [0.15, 0.2) is 6.61 Å². The number of hydrogen-bond acceptors (Lipinski definition) is 4. The van der Waals surface area contributed by atoms with Crippen LogP contribution in [0.4, 0.5) is 0 Å². The Labute approximate surface area is 140 Å². The van der Waals surface area contributed by atoms with Crippen molar-refractivity contribution in [2.75, 3.05) is 18.9 Å². The molecule has 0 spiro atoms. The zero-order chi connectivity index (χ0) is 16.3. The van der Waals surface area contributed by atoms with Gasteiger partial charge in [-0.15, -0.1) is 11.8 Å². The summed E-state index contributed by atoms with van der Waals surface area (Å²) >= 11 is 1.71. The molecule has 0 aromatic heterocycles. The molecule has 0 atom stereocenters. The van der Waals surface area contributed by atoms with E-state index in [-0.39, 0.29) is 12.5 Å². The van der Waals surface area contributed by atoms with Crippen molar-refractivity contribution in [2.45, 2.75) is 11.8 Å². The van der Waals surface area contributed by atoms with Crippen molar-refractivity contribution in [1.82, 2.24) is 5.32 Å². The van der Waals surface area contributed by atoms with Gasteiger partial charge in [-0.1, -0.05) is 53.2 Å². The number of hydrogen-bond donors (Lipinski definition) is 1. The molecule has 0 unspecified atom stereocenters. The third-order valence-electron chi connectivity index (χ3n) is 2.99. The van der Waals surface area contributed by atoms with Crippen LogP contribution in [0.2, 0.25) is 0 Å². The predicted octanol–water partition coefficient (Wildman–Crippen LogP) is 3.25. The molecule has 5 heteroatoms. The standard InChI is InChI=1S/C18H20N2O2S/c1-15-7-9-17(10-8-15)23-12-11-19-18(21)14-22-20-13-16-5-3-2-4-6-16/h2-10,13H,11-12,14H2,1H3,(H,19,21)/b20-13-. The van der Waals surface area contributed by atoms with Gasteiger partial charge in [0.25, 0.3) is 5.91 Å². The molecular formula is C18H20N2O2S. The molecule has 0 radical (unpaired) electrons. The first-order chi connectivity index (χ1) is 11.2. The summed E-state index contributed by atoms with van der Waals surface area (Å²) in [6.07, 6.45) is 1.58. The van der Waals surface area contributed by atoms with Crippen LogP contribution >= 0.6 is 11.8 Å². The summed E-state index contributed by atoms with van der Waals surface area (Å²) in [5.41, 5.74) is 2.18. The number of thioether (sulfide) groups is 1. The molecule has 2 aromatic rings. The minimum Gasteiger partial charge on any atom is -0.386 e. The molecule has 0 aliphatic heterocycles. The molecule has 2 rings (SSSR count). The Balaban J connectivity index is 1.56. The minimum absolute atomic E-state index is 0.0709. The van der Waals surface area contributed by atoms with Crippen LogP contribution in [0.5, 0.6) is 0 Å². The van der Waals surface area contributed by atoms with E-state index in [1.165, 1.54) is 10.5 Å². The Morgan fingerprint density at radius 2 is 1.91 bits per heavy atom. The van der Waals surface area contributed by atoms with Gasteiger partial charge in [-0.2, -0.15) is 0 Å². The Morgan fingerprint density at radius 1 is 1.17 bits per heavy atom. The molecule has 0 heterocycles. The topological polar surface area (TPSA) is 50.7 Å². The van der Waals surface area contributed by atoms with Gasteiger partial charge in [0.1, 0.15) is 0 Å². The summed E-state index contributed by atoms with van der Waals surface area (Å²) in [7, 11) is 0. The van der Waals surface area contributed by atoms with Gasteiger partial charge in [-0.05, 0) is 24.6 Å². The Kier molecular flexibility index (Phi) is 7.20. The van der Waals surface area contributed by atoms with E-state index in [1.54, 1.807) is 18.0 Å².